The van der Waals surface area contributed by atoms with E-state index in [0.29, 0.717) is 0 Å². The van der Waals surface area contributed by atoms with Crippen LogP contribution < -0.4 is 10.3 Å². The van der Waals surface area contributed by atoms with Gasteiger partial charge in [0.15, 0.2) is 0 Å². The minimum atomic E-state index is -4.96. The summed E-state index contributed by atoms with van der Waals surface area (Å²) in [7, 11) is 1.05. The Labute approximate surface area is 106 Å². The normalized spacial score (nSPS) is 11.1. The van der Waals surface area contributed by atoms with Crippen LogP contribution in [-0.2, 0) is 4.74 Å². The first-order valence-corrected chi connectivity index (χ1v) is 5.09. The van der Waals surface area contributed by atoms with Crippen LogP contribution in [0.3, 0.4) is 0 Å². The first kappa shape index (κ1) is 13.8. The molecule has 17 heavy (non-hydrogen) atoms. The molecule has 0 aliphatic carbocycles. The maximum absolute atomic E-state index is 12.0. The molecule has 0 fully saturated rings. The molecule has 0 aromatic carbocycles. The standard InChI is InChI=1S/C8H5F3INO4/c1-16-7(15)3-2-4(14)13-6(5(3)12)17-8(9,10)11/h2H,1H3,(H,13,14). The van der Waals surface area contributed by atoms with Crippen LogP contribution in [0.2, 0.25) is 0 Å². The highest BCUT2D eigenvalue weighted by Gasteiger charge is 2.33. The van der Waals surface area contributed by atoms with E-state index in [1.807, 2.05) is 4.98 Å². The Balaban J connectivity index is 3.29. The van der Waals surface area contributed by atoms with E-state index in [4.69, 9.17) is 0 Å². The summed E-state index contributed by atoms with van der Waals surface area (Å²) in [4.78, 5) is 24.1. The number of alkyl halides is 3. The van der Waals surface area contributed by atoms with Gasteiger partial charge in [-0.1, -0.05) is 0 Å². The molecule has 0 spiro atoms. The zero-order valence-electron chi connectivity index (χ0n) is 8.22. The zero-order valence-corrected chi connectivity index (χ0v) is 10.4. The topological polar surface area (TPSA) is 68.4 Å². The van der Waals surface area contributed by atoms with Gasteiger partial charge >= 0.3 is 12.3 Å². The van der Waals surface area contributed by atoms with E-state index in [-0.39, 0.29) is 9.13 Å². The van der Waals surface area contributed by atoms with Crippen LogP contribution in [0.4, 0.5) is 13.2 Å². The Bertz CT molecular complexity index is 497. The molecule has 0 aliphatic rings. The van der Waals surface area contributed by atoms with Crippen molar-refractivity contribution in [2.75, 3.05) is 7.11 Å². The first-order valence-electron chi connectivity index (χ1n) is 4.01. The van der Waals surface area contributed by atoms with Gasteiger partial charge in [0.25, 0.3) is 5.56 Å². The lowest BCUT2D eigenvalue weighted by Crippen LogP contribution is -2.22. The molecule has 0 unspecified atom stereocenters. The van der Waals surface area contributed by atoms with E-state index >= 15 is 0 Å². The number of aromatic amines is 1. The highest BCUT2D eigenvalue weighted by Crippen LogP contribution is 2.26. The Morgan fingerprint density at radius 3 is 2.53 bits per heavy atom. The fraction of sp³-hybridized carbons (Fsp3) is 0.250. The summed E-state index contributed by atoms with van der Waals surface area (Å²) >= 11 is 1.44. The molecule has 0 bridgehead atoms. The van der Waals surface area contributed by atoms with Crippen molar-refractivity contribution in [3.05, 3.63) is 25.6 Å². The van der Waals surface area contributed by atoms with Crippen LogP contribution >= 0.6 is 22.6 Å². The Morgan fingerprint density at radius 2 is 2.06 bits per heavy atom. The minimum absolute atomic E-state index is 0.189. The Hall–Kier alpha value is -1.26. The third-order valence-electron chi connectivity index (χ3n) is 1.57. The number of rotatable bonds is 2. The van der Waals surface area contributed by atoms with Gasteiger partial charge in [0, 0.05) is 6.07 Å². The van der Waals surface area contributed by atoms with Crippen molar-refractivity contribution in [3.63, 3.8) is 0 Å². The lowest BCUT2D eigenvalue weighted by atomic mass is 10.3. The third kappa shape index (κ3) is 3.61. The van der Waals surface area contributed by atoms with Gasteiger partial charge in [0.1, 0.15) is 0 Å². The quantitative estimate of drug-likeness (QED) is 0.641. The van der Waals surface area contributed by atoms with Crippen LogP contribution in [0.1, 0.15) is 10.4 Å². The number of H-pyrrole nitrogens is 1. The van der Waals surface area contributed by atoms with Crippen molar-refractivity contribution < 1.29 is 27.4 Å². The number of halogens is 4. The predicted molar refractivity (Wildman–Crippen MR) is 57.8 cm³/mol. The SMILES string of the molecule is COC(=O)c1cc(=O)[nH]c(OC(F)(F)F)c1I. The lowest BCUT2D eigenvalue weighted by Gasteiger charge is -2.11. The fourth-order valence-electron chi connectivity index (χ4n) is 0.964. The van der Waals surface area contributed by atoms with Gasteiger partial charge in [-0.25, -0.2) is 4.79 Å². The molecule has 0 amide bonds. The van der Waals surface area contributed by atoms with Gasteiger partial charge in [-0.3, -0.25) is 9.78 Å². The average molecular weight is 363 g/mol. The van der Waals surface area contributed by atoms with Gasteiger partial charge in [-0.05, 0) is 22.6 Å². The van der Waals surface area contributed by atoms with Crippen LogP contribution in [0.15, 0.2) is 10.9 Å². The number of aromatic nitrogens is 1. The Kier molecular flexibility index (Phi) is 4.01. The molecule has 1 rings (SSSR count). The lowest BCUT2D eigenvalue weighted by molar-refractivity contribution is -0.276. The molecular formula is C8H5F3INO4. The van der Waals surface area contributed by atoms with Gasteiger partial charge in [0.2, 0.25) is 5.88 Å². The second kappa shape index (κ2) is 4.94. The summed E-state index contributed by atoms with van der Waals surface area (Å²) in [5.41, 5.74) is -1.19. The summed E-state index contributed by atoms with van der Waals surface area (Å²) in [6, 6.07) is 0.830. The van der Waals surface area contributed by atoms with Gasteiger partial charge in [0.05, 0.1) is 16.2 Å². The van der Waals surface area contributed by atoms with Crippen LogP contribution in [0, 0.1) is 3.57 Å². The van der Waals surface area contributed by atoms with E-state index in [1.165, 1.54) is 22.6 Å². The van der Waals surface area contributed by atoms with Gasteiger partial charge in [-0.15, -0.1) is 13.2 Å². The number of hydrogen-bond acceptors (Lipinski definition) is 4. The molecule has 0 saturated heterocycles. The molecule has 0 aliphatic heterocycles. The summed E-state index contributed by atoms with van der Waals surface area (Å²) in [6.45, 7) is 0. The molecule has 0 atom stereocenters. The number of pyridine rings is 1. The molecule has 1 aromatic rings. The summed E-state index contributed by atoms with van der Waals surface area (Å²) in [5, 5.41) is 0. The van der Waals surface area contributed by atoms with Gasteiger partial charge < -0.3 is 9.47 Å². The Morgan fingerprint density at radius 1 is 1.47 bits per heavy atom. The smallest absolute Gasteiger partial charge is 0.465 e. The van der Waals surface area contributed by atoms with Crippen molar-refractivity contribution in [2.24, 2.45) is 0 Å². The van der Waals surface area contributed by atoms with Crippen LogP contribution in [0.5, 0.6) is 5.88 Å². The number of hydrogen-bond donors (Lipinski definition) is 1. The molecule has 0 radical (unpaired) electrons. The largest absolute Gasteiger partial charge is 0.574 e. The van der Waals surface area contributed by atoms with E-state index in [2.05, 4.69) is 9.47 Å². The van der Waals surface area contributed by atoms with Crippen molar-refractivity contribution in [1.29, 1.82) is 0 Å². The number of methoxy groups -OCH3 is 1. The van der Waals surface area contributed by atoms with E-state index < -0.39 is 23.8 Å². The first-order chi connectivity index (χ1) is 7.74. The fourth-order valence-corrected chi connectivity index (χ4v) is 1.59. The van der Waals surface area contributed by atoms with Gasteiger partial charge in [-0.2, -0.15) is 0 Å². The number of ether oxygens (including phenoxy) is 2. The molecule has 1 N–H and O–H groups in total. The third-order valence-corrected chi connectivity index (χ3v) is 2.64. The summed E-state index contributed by atoms with van der Waals surface area (Å²) in [6.07, 6.45) is -4.96. The van der Waals surface area contributed by atoms with E-state index in [0.717, 1.165) is 13.2 Å². The number of nitrogens with one attached hydrogen (secondary N) is 1. The predicted octanol–water partition coefficient (Wildman–Crippen LogP) is 1.66. The zero-order chi connectivity index (χ0) is 13.2. The average Bonchev–Trinajstić information content (AvgIpc) is 2.19. The summed E-state index contributed by atoms with van der Waals surface area (Å²) < 4.78 is 43.7. The molecule has 0 saturated carbocycles. The molecular weight excluding hydrogens is 358 g/mol. The highest BCUT2D eigenvalue weighted by molar-refractivity contribution is 14.1. The number of carbonyl (C=O) groups is 1. The number of carbonyl (C=O) groups excluding carboxylic acids is 1. The van der Waals surface area contributed by atoms with Crippen molar-refractivity contribution in [1.82, 2.24) is 4.98 Å². The molecule has 1 aromatic heterocycles. The van der Waals surface area contributed by atoms with Crippen LogP contribution in [0.25, 0.3) is 0 Å². The van der Waals surface area contributed by atoms with Crippen molar-refractivity contribution in [3.8, 4) is 5.88 Å². The van der Waals surface area contributed by atoms with Crippen LogP contribution in [-0.4, -0.2) is 24.4 Å². The maximum atomic E-state index is 12.0. The second-order valence-corrected chi connectivity index (χ2v) is 3.81. The molecule has 9 heteroatoms. The van der Waals surface area contributed by atoms with E-state index in [1.54, 1.807) is 0 Å². The monoisotopic (exact) mass is 363 g/mol. The molecule has 5 nitrogen and oxygen atoms in total. The van der Waals surface area contributed by atoms with Crippen molar-refractivity contribution in [2.45, 2.75) is 6.36 Å². The minimum Gasteiger partial charge on any atom is -0.465 e. The maximum Gasteiger partial charge on any atom is 0.574 e. The van der Waals surface area contributed by atoms with Crippen molar-refractivity contribution >= 4 is 28.6 Å². The number of esters is 1. The second-order valence-electron chi connectivity index (χ2n) is 2.73. The van der Waals surface area contributed by atoms with E-state index in [9.17, 15) is 22.8 Å². The summed E-state index contributed by atoms with van der Waals surface area (Å²) in [5.74, 6) is -1.77. The molecule has 1 heterocycles. The highest BCUT2D eigenvalue weighted by atomic mass is 127. The molecule has 94 valence electrons.